The quantitative estimate of drug-likeness (QED) is 0.152. The number of nitrogens with one attached hydrogen (secondary N) is 2. The van der Waals surface area contributed by atoms with Gasteiger partial charge in [0.05, 0.1) is 24.5 Å². The molecule has 1 aliphatic heterocycles. The Morgan fingerprint density at radius 1 is 0.872 bits per heavy atom. The van der Waals surface area contributed by atoms with Crippen molar-refractivity contribution in [3.05, 3.63) is 120 Å². The summed E-state index contributed by atoms with van der Waals surface area (Å²) in [6.45, 7) is 0.393. The topological polar surface area (TPSA) is 112 Å². The summed E-state index contributed by atoms with van der Waals surface area (Å²) in [5, 5.41) is 13.9. The van der Waals surface area contributed by atoms with E-state index in [4.69, 9.17) is 4.74 Å². The molecular formula is C39H45N3O5. The van der Waals surface area contributed by atoms with Gasteiger partial charge in [0.1, 0.15) is 6.61 Å². The lowest BCUT2D eigenvalue weighted by atomic mass is 9.93. The van der Waals surface area contributed by atoms with Crippen LogP contribution in [0.5, 0.6) is 0 Å². The maximum Gasteiger partial charge on any atom is 0.309 e. The molecule has 2 heterocycles. The molecule has 246 valence electrons. The minimum absolute atomic E-state index is 0.00174. The lowest BCUT2D eigenvalue weighted by Crippen LogP contribution is -2.45. The van der Waals surface area contributed by atoms with Gasteiger partial charge in [-0.3, -0.25) is 14.4 Å². The summed E-state index contributed by atoms with van der Waals surface area (Å²) in [5.74, 6) is -1.62. The summed E-state index contributed by atoms with van der Waals surface area (Å²) in [6, 6.07) is 27.1. The number of allylic oxidation sites excluding steroid dienone is 2. The normalized spacial score (nSPS) is 19.5. The fraction of sp³-hybridized carbons (Fsp3) is 0.359. The molecule has 3 N–H and O–H groups in total. The molecule has 2 amide bonds. The van der Waals surface area contributed by atoms with E-state index in [1.807, 2.05) is 103 Å². The van der Waals surface area contributed by atoms with E-state index >= 15 is 0 Å². The molecule has 3 unspecified atom stereocenters. The zero-order chi connectivity index (χ0) is 32.8. The van der Waals surface area contributed by atoms with Gasteiger partial charge in [0.15, 0.2) is 0 Å². The van der Waals surface area contributed by atoms with Crippen LogP contribution >= 0.6 is 0 Å². The van der Waals surface area contributed by atoms with Crippen LogP contribution in [-0.2, 0) is 38.5 Å². The highest BCUT2D eigenvalue weighted by Crippen LogP contribution is 2.23. The van der Waals surface area contributed by atoms with Crippen LogP contribution in [0.2, 0.25) is 0 Å². The number of hydrogen-bond donors (Lipinski definition) is 3. The van der Waals surface area contributed by atoms with Crippen LogP contribution in [0.25, 0.3) is 10.9 Å². The van der Waals surface area contributed by atoms with Gasteiger partial charge in [0, 0.05) is 36.6 Å². The van der Waals surface area contributed by atoms with Gasteiger partial charge in [-0.2, -0.15) is 0 Å². The van der Waals surface area contributed by atoms with Gasteiger partial charge in [0.25, 0.3) is 0 Å². The van der Waals surface area contributed by atoms with E-state index in [0.717, 1.165) is 40.4 Å². The molecule has 8 nitrogen and oxygen atoms in total. The number of rotatable bonds is 10. The van der Waals surface area contributed by atoms with Crippen LogP contribution in [0.1, 0.15) is 48.8 Å². The Balaban J connectivity index is 1.36. The molecule has 3 atom stereocenters. The molecule has 0 bridgehead atoms. The number of esters is 1. The number of aliphatic hydroxyl groups excluding tert-OH is 1. The number of nitrogens with zero attached hydrogens (tertiary/aromatic N) is 1. The first-order chi connectivity index (χ1) is 23.0. The number of carbonyl (C=O) groups is 3. The number of amides is 2. The monoisotopic (exact) mass is 635 g/mol. The van der Waals surface area contributed by atoms with Crippen LogP contribution in [0.3, 0.4) is 0 Å². The Morgan fingerprint density at radius 3 is 2.36 bits per heavy atom. The maximum atomic E-state index is 13.9. The van der Waals surface area contributed by atoms with E-state index in [1.165, 1.54) is 0 Å². The average Bonchev–Trinajstić information content (AvgIpc) is 3.50. The Labute approximate surface area is 276 Å². The smallest absolute Gasteiger partial charge is 0.309 e. The number of hydrogen-bond acceptors (Lipinski definition) is 5. The number of aromatic nitrogens is 1. The summed E-state index contributed by atoms with van der Waals surface area (Å²) < 4.78 is 5.96. The summed E-state index contributed by atoms with van der Waals surface area (Å²) in [4.78, 5) is 45.9. The number of aromatic amines is 1. The van der Waals surface area contributed by atoms with E-state index < -0.39 is 12.0 Å². The van der Waals surface area contributed by atoms with Crippen molar-refractivity contribution in [1.82, 2.24) is 15.2 Å². The number of ether oxygens (including phenoxy) is 1. The Morgan fingerprint density at radius 2 is 1.60 bits per heavy atom. The maximum absolute atomic E-state index is 13.9. The van der Waals surface area contributed by atoms with Crippen molar-refractivity contribution in [2.45, 2.75) is 57.5 Å². The number of para-hydroxylation sites is 1. The largest absolute Gasteiger partial charge is 0.463 e. The number of carbonyl (C=O) groups excluding carboxylic acids is 3. The predicted octanol–water partition coefficient (Wildman–Crippen LogP) is 5.75. The van der Waals surface area contributed by atoms with Gasteiger partial charge in [0.2, 0.25) is 11.8 Å². The van der Waals surface area contributed by atoms with Crippen LogP contribution < -0.4 is 5.32 Å². The molecule has 0 saturated carbocycles. The first kappa shape index (κ1) is 33.7. The lowest BCUT2D eigenvalue weighted by Gasteiger charge is -2.26. The molecule has 0 aliphatic carbocycles. The molecule has 3 aromatic carbocycles. The third kappa shape index (κ3) is 9.90. The number of aliphatic hydroxyl groups is 1. The van der Waals surface area contributed by atoms with E-state index in [1.54, 1.807) is 4.90 Å². The summed E-state index contributed by atoms with van der Waals surface area (Å²) in [7, 11) is 0. The number of cyclic esters (lactones) is 1. The van der Waals surface area contributed by atoms with Gasteiger partial charge in [-0.05, 0) is 61.3 Å². The van der Waals surface area contributed by atoms with Gasteiger partial charge >= 0.3 is 5.97 Å². The molecule has 0 radical (unpaired) electrons. The van der Waals surface area contributed by atoms with Crippen LogP contribution in [0, 0.1) is 11.8 Å². The Bertz CT molecular complexity index is 1620. The molecule has 8 heteroatoms. The fourth-order valence-electron chi connectivity index (χ4n) is 6.24. The van der Waals surface area contributed by atoms with Crippen LogP contribution in [0.15, 0.2) is 103 Å². The molecule has 0 fully saturated rings. The molecule has 5 rings (SSSR count). The Kier molecular flexibility index (Phi) is 12.4. The molecule has 4 aromatic rings. The number of H-pyrrole nitrogens is 1. The number of benzene rings is 3. The van der Waals surface area contributed by atoms with Crippen molar-refractivity contribution in [3.8, 4) is 0 Å². The third-order valence-electron chi connectivity index (χ3n) is 8.81. The molecule has 47 heavy (non-hydrogen) atoms. The minimum Gasteiger partial charge on any atom is -0.463 e. The van der Waals surface area contributed by atoms with E-state index in [9.17, 15) is 19.5 Å². The van der Waals surface area contributed by atoms with Gasteiger partial charge < -0.3 is 25.0 Å². The predicted molar refractivity (Wildman–Crippen MR) is 183 cm³/mol. The molecule has 0 spiro atoms. The second-order valence-corrected chi connectivity index (χ2v) is 12.3. The first-order valence-corrected chi connectivity index (χ1v) is 16.6. The summed E-state index contributed by atoms with van der Waals surface area (Å²) >= 11 is 0. The molecule has 1 aromatic heterocycles. The van der Waals surface area contributed by atoms with Gasteiger partial charge in [-0.25, -0.2) is 0 Å². The summed E-state index contributed by atoms with van der Waals surface area (Å²) in [6.07, 6.45) is 9.67. The fourth-order valence-corrected chi connectivity index (χ4v) is 6.24. The van der Waals surface area contributed by atoms with E-state index in [0.29, 0.717) is 32.2 Å². The second-order valence-electron chi connectivity index (χ2n) is 12.3. The van der Waals surface area contributed by atoms with Crippen molar-refractivity contribution in [2.24, 2.45) is 11.8 Å². The van der Waals surface area contributed by atoms with E-state index in [-0.39, 0.29) is 49.9 Å². The zero-order valence-electron chi connectivity index (χ0n) is 26.9. The Hall–Kier alpha value is -4.69. The standard InChI is InChI=1S/C39H45N3O5/c43-22-21-42(27-30-15-7-4-8-16-30)37(44)25-31-17-9-1-2-10-18-32(23-29-13-5-3-6-14-29)39(46)47-28-34(41-38(31)45)24-33-26-40-36-20-12-11-19-35(33)36/h1,3-9,11-16,19-20,26,31-32,34,40,43H,2,10,17-18,21-25,27-28H2,(H,41,45). The summed E-state index contributed by atoms with van der Waals surface area (Å²) in [5.41, 5.74) is 4.04. The van der Waals surface area contributed by atoms with Crippen molar-refractivity contribution in [3.63, 3.8) is 0 Å². The molecule has 1 aliphatic rings. The van der Waals surface area contributed by atoms with E-state index in [2.05, 4.69) is 10.3 Å². The zero-order valence-corrected chi connectivity index (χ0v) is 26.9. The highest BCUT2D eigenvalue weighted by atomic mass is 16.5. The van der Waals surface area contributed by atoms with Crippen molar-refractivity contribution < 1.29 is 24.2 Å². The van der Waals surface area contributed by atoms with Crippen molar-refractivity contribution >= 4 is 28.7 Å². The SMILES string of the molecule is O=C1NC(Cc2c[nH]c3ccccc23)COC(=O)C(Cc2ccccc2)CCCC=CCC1CC(=O)N(CCO)Cc1ccccc1. The average molecular weight is 636 g/mol. The van der Waals surface area contributed by atoms with Gasteiger partial charge in [-0.1, -0.05) is 91.0 Å². The minimum atomic E-state index is -0.620. The first-order valence-electron chi connectivity index (χ1n) is 16.6. The number of fused-ring (bicyclic) bond motifs is 1. The third-order valence-corrected chi connectivity index (χ3v) is 8.81. The van der Waals surface area contributed by atoms with Crippen molar-refractivity contribution in [1.29, 1.82) is 0 Å². The van der Waals surface area contributed by atoms with Gasteiger partial charge in [-0.15, -0.1) is 0 Å². The lowest BCUT2D eigenvalue weighted by molar-refractivity contribution is -0.150. The molecule has 0 saturated heterocycles. The van der Waals surface area contributed by atoms with Crippen LogP contribution in [-0.4, -0.2) is 58.6 Å². The highest BCUT2D eigenvalue weighted by molar-refractivity contribution is 5.87. The second kappa shape index (κ2) is 17.3. The van der Waals surface area contributed by atoms with Crippen molar-refractivity contribution in [2.75, 3.05) is 19.8 Å². The highest BCUT2D eigenvalue weighted by Gasteiger charge is 2.28. The van der Waals surface area contributed by atoms with Crippen LogP contribution in [0.4, 0.5) is 0 Å². The molecular weight excluding hydrogens is 590 g/mol.